The lowest BCUT2D eigenvalue weighted by atomic mass is 9.97. The number of halogens is 3. The van der Waals surface area contributed by atoms with Crippen LogP contribution in [0, 0.1) is 29.5 Å². The van der Waals surface area contributed by atoms with Gasteiger partial charge in [0.25, 0.3) is 5.92 Å². The molecule has 1 amide bonds. The Labute approximate surface area is 186 Å². The molecule has 0 aromatic carbocycles. The van der Waals surface area contributed by atoms with Crippen LogP contribution >= 0.6 is 0 Å². The molecule has 7 atom stereocenters. The van der Waals surface area contributed by atoms with E-state index in [-0.39, 0.29) is 25.1 Å². The van der Waals surface area contributed by atoms with Crippen molar-refractivity contribution < 1.29 is 27.4 Å². The van der Waals surface area contributed by atoms with Crippen LogP contribution in [-0.2, 0) is 9.47 Å². The molecule has 4 fully saturated rings. The topological polar surface area (TPSA) is 64.6 Å². The molecule has 9 heteroatoms. The van der Waals surface area contributed by atoms with Crippen molar-refractivity contribution in [3.8, 4) is 0 Å². The molecule has 1 aliphatic heterocycles. The van der Waals surface area contributed by atoms with E-state index in [1.54, 1.807) is 4.90 Å². The van der Waals surface area contributed by atoms with Crippen molar-refractivity contribution >= 4 is 6.09 Å². The highest BCUT2D eigenvalue weighted by Gasteiger charge is 2.57. The lowest BCUT2D eigenvalue weighted by Gasteiger charge is -2.31. The van der Waals surface area contributed by atoms with Crippen LogP contribution in [0.4, 0.5) is 18.0 Å². The molecule has 1 saturated heterocycles. The fraction of sp³-hybridized carbons (Fsp3) is 0.783. The molecular formula is C23H32F3N3O3. The summed E-state index contributed by atoms with van der Waals surface area (Å²) < 4.78 is 49.1. The van der Waals surface area contributed by atoms with Crippen molar-refractivity contribution in [2.45, 2.75) is 76.5 Å². The first-order valence-corrected chi connectivity index (χ1v) is 11.6. The van der Waals surface area contributed by atoms with Gasteiger partial charge in [-0.15, -0.1) is 0 Å². The summed E-state index contributed by atoms with van der Waals surface area (Å²) in [5, 5.41) is 0. The summed E-state index contributed by atoms with van der Waals surface area (Å²) in [4.78, 5) is 21.0. The zero-order chi connectivity index (χ0) is 22.9. The Kier molecular flexibility index (Phi) is 6.93. The molecule has 1 aromatic heterocycles. The third-order valence-electron chi connectivity index (χ3n) is 7.30. The Morgan fingerprint density at radius 2 is 1.84 bits per heavy atom. The molecule has 178 valence electrons. The first kappa shape index (κ1) is 23.3. The Balaban J connectivity index is 0.000000300. The van der Waals surface area contributed by atoms with Crippen molar-refractivity contribution in [2.75, 3.05) is 13.2 Å². The van der Waals surface area contributed by atoms with Gasteiger partial charge < -0.3 is 9.47 Å². The number of hydrogen-bond acceptors (Lipinski definition) is 5. The quantitative estimate of drug-likeness (QED) is 0.644. The highest BCUT2D eigenvalue weighted by Crippen LogP contribution is 2.50. The Morgan fingerprint density at radius 3 is 2.44 bits per heavy atom. The van der Waals surface area contributed by atoms with Gasteiger partial charge in [0.05, 0.1) is 37.1 Å². The number of alkyl halides is 2. The summed E-state index contributed by atoms with van der Waals surface area (Å²) in [5.41, 5.74) is 0. The summed E-state index contributed by atoms with van der Waals surface area (Å²) in [6.07, 6.45) is 8.99. The molecule has 1 aromatic rings. The zero-order valence-corrected chi connectivity index (χ0v) is 18.6. The first-order valence-electron chi connectivity index (χ1n) is 11.6. The van der Waals surface area contributed by atoms with E-state index >= 15 is 0 Å². The SMILES string of the molecule is CC1CC(C)N(C(=O)OCC2CC2(F)F)C1COC1CCC2CC2C1.Fc1cncnc1. The number of carbonyl (C=O) groups excluding carboxylic acids is 1. The molecule has 6 nitrogen and oxygen atoms in total. The van der Waals surface area contributed by atoms with Gasteiger partial charge in [0.2, 0.25) is 0 Å². The molecule has 32 heavy (non-hydrogen) atoms. The minimum absolute atomic E-state index is 0.0147. The zero-order valence-electron chi connectivity index (χ0n) is 18.6. The van der Waals surface area contributed by atoms with Crippen molar-refractivity contribution in [1.29, 1.82) is 0 Å². The van der Waals surface area contributed by atoms with Gasteiger partial charge in [-0.2, -0.15) is 0 Å². The second kappa shape index (κ2) is 9.53. The molecule has 2 heterocycles. The normalized spacial score (nSPS) is 36.5. The van der Waals surface area contributed by atoms with Crippen LogP contribution in [0.5, 0.6) is 0 Å². The van der Waals surface area contributed by atoms with E-state index in [0.717, 1.165) is 43.5 Å². The smallest absolute Gasteiger partial charge is 0.410 e. The summed E-state index contributed by atoms with van der Waals surface area (Å²) in [7, 11) is 0. The van der Waals surface area contributed by atoms with Crippen LogP contribution in [0.3, 0.4) is 0 Å². The van der Waals surface area contributed by atoms with Crippen molar-refractivity contribution in [3.05, 3.63) is 24.5 Å². The molecular weight excluding hydrogens is 423 g/mol. The van der Waals surface area contributed by atoms with Gasteiger partial charge in [0.15, 0.2) is 5.82 Å². The van der Waals surface area contributed by atoms with E-state index in [1.807, 2.05) is 6.92 Å². The van der Waals surface area contributed by atoms with E-state index in [4.69, 9.17) is 9.47 Å². The van der Waals surface area contributed by atoms with E-state index in [2.05, 4.69) is 16.9 Å². The van der Waals surface area contributed by atoms with Crippen molar-refractivity contribution in [1.82, 2.24) is 14.9 Å². The van der Waals surface area contributed by atoms with Crippen LogP contribution in [0.1, 0.15) is 52.4 Å². The monoisotopic (exact) mass is 455 g/mol. The van der Waals surface area contributed by atoms with Gasteiger partial charge >= 0.3 is 6.09 Å². The average molecular weight is 456 g/mol. The summed E-state index contributed by atoms with van der Waals surface area (Å²) in [5.74, 6) is -1.70. The number of likely N-dealkylation sites (tertiary alicyclic amines) is 1. The van der Waals surface area contributed by atoms with Crippen LogP contribution in [-0.4, -0.2) is 58.3 Å². The van der Waals surface area contributed by atoms with E-state index in [1.165, 1.54) is 19.2 Å². The van der Waals surface area contributed by atoms with Crippen LogP contribution < -0.4 is 0 Å². The number of hydrogen-bond donors (Lipinski definition) is 0. The maximum Gasteiger partial charge on any atom is 0.410 e. The third-order valence-corrected chi connectivity index (χ3v) is 7.30. The lowest BCUT2D eigenvalue weighted by molar-refractivity contribution is -0.0145. The second-order valence-electron chi connectivity index (χ2n) is 9.86. The third kappa shape index (κ3) is 5.71. The minimum atomic E-state index is -2.64. The molecule has 0 bridgehead atoms. The van der Waals surface area contributed by atoms with Gasteiger partial charge in [0, 0.05) is 12.5 Å². The highest BCUT2D eigenvalue weighted by atomic mass is 19.3. The van der Waals surface area contributed by atoms with Gasteiger partial charge in [-0.3, -0.25) is 4.90 Å². The standard InChI is InChI=1S/C19H29F2NO3.C4H3FN2/c1-11-5-12(2)22(18(23)25-9-15-8-19(15,20)21)17(11)10-24-16-4-3-13-6-14(13)7-16;5-4-1-6-3-7-2-4/h11-17H,3-10H2,1-2H3;1-3H. The van der Waals surface area contributed by atoms with Crippen molar-refractivity contribution in [2.24, 2.45) is 23.7 Å². The molecule has 4 aliphatic rings. The maximum absolute atomic E-state index is 13.0. The van der Waals surface area contributed by atoms with E-state index in [9.17, 15) is 18.0 Å². The van der Waals surface area contributed by atoms with Gasteiger partial charge in [-0.1, -0.05) is 6.92 Å². The number of aromatic nitrogens is 2. The number of rotatable bonds is 5. The number of nitrogens with zero attached hydrogens (tertiary/aromatic N) is 3. The number of carbonyl (C=O) groups is 1. The molecule has 7 unspecified atom stereocenters. The van der Waals surface area contributed by atoms with Gasteiger partial charge in [-0.05, 0) is 56.8 Å². The molecule has 3 aliphatic carbocycles. The predicted octanol–water partition coefficient (Wildman–Crippen LogP) is 4.70. The van der Waals surface area contributed by atoms with E-state index in [0.29, 0.717) is 18.6 Å². The maximum atomic E-state index is 13.0. The minimum Gasteiger partial charge on any atom is -0.449 e. The highest BCUT2D eigenvalue weighted by molar-refractivity contribution is 5.69. The molecule has 0 spiro atoms. The van der Waals surface area contributed by atoms with E-state index < -0.39 is 23.8 Å². The molecule has 0 N–H and O–H groups in total. The number of ether oxygens (including phenoxy) is 2. The number of amides is 1. The Hall–Kier alpha value is -1.90. The molecule has 0 radical (unpaired) electrons. The van der Waals surface area contributed by atoms with Crippen LogP contribution in [0.25, 0.3) is 0 Å². The summed E-state index contributed by atoms with van der Waals surface area (Å²) in [6, 6.07) is 0.0501. The van der Waals surface area contributed by atoms with Gasteiger partial charge in [0.1, 0.15) is 12.9 Å². The fourth-order valence-electron chi connectivity index (χ4n) is 5.14. The fourth-order valence-corrected chi connectivity index (χ4v) is 5.14. The lowest BCUT2D eigenvalue weighted by Crippen LogP contribution is -2.44. The summed E-state index contributed by atoms with van der Waals surface area (Å²) in [6.45, 7) is 4.48. The van der Waals surface area contributed by atoms with Gasteiger partial charge in [-0.25, -0.2) is 27.9 Å². The predicted molar refractivity (Wildman–Crippen MR) is 110 cm³/mol. The van der Waals surface area contributed by atoms with Crippen LogP contribution in [0.15, 0.2) is 18.7 Å². The number of fused-ring (bicyclic) bond motifs is 1. The average Bonchev–Trinajstić information content (AvgIpc) is 3.62. The summed E-state index contributed by atoms with van der Waals surface area (Å²) >= 11 is 0. The first-order chi connectivity index (χ1) is 15.2. The van der Waals surface area contributed by atoms with Crippen LogP contribution in [0.2, 0.25) is 0 Å². The molecule has 5 rings (SSSR count). The van der Waals surface area contributed by atoms with Crippen molar-refractivity contribution in [3.63, 3.8) is 0 Å². The molecule has 3 saturated carbocycles. The second-order valence-corrected chi connectivity index (χ2v) is 9.86. The Bertz CT molecular complexity index is 784. The Morgan fingerprint density at radius 1 is 1.12 bits per heavy atom. The largest absolute Gasteiger partial charge is 0.449 e.